The molecular weight excluding hydrogens is 442 g/mol. The van der Waals surface area contributed by atoms with Crippen LogP contribution in [0.2, 0.25) is 0 Å². The predicted octanol–water partition coefficient (Wildman–Crippen LogP) is 6.87. The molecule has 0 saturated heterocycles. The molecule has 0 spiro atoms. The fraction of sp³-hybridized carbons (Fsp3) is 0.100. The molecule has 6 rings (SSSR count). The van der Waals surface area contributed by atoms with E-state index in [0.717, 1.165) is 38.9 Å². The van der Waals surface area contributed by atoms with Gasteiger partial charge in [0.2, 0.25) is 0 Å². The Bertz CT molecular complexity index is 1570. The summed E-state index contributed by atoms with van der Waals surface area (Å²) in [5, 5.41) is 1.04. The zero-order chi connectivity index (χ0) is 24.1. The molecule has 3 nitrogen and oxygen atoms in total. The highest BCUT2D eigenvalue weighted by molar-refractivity contribution is 6.02. The lowest BCUT2D eigenvalue weighted by molar-refractivity contribution is 0.0737. The lowest BCUT2D eigenvalue weighted by Crippen LogP contribution is -2.28. The number of amides is 1. The number of hydrogen-bond acceptors (Lipinski definition) is 1. The van der Waals surface area contributed by atoms with Crippen molar-refractivity contribution in [1.82, 2.24) is 9.47 Å². The van der Waals surface area contributed by atoms with Crippen LogP contribution in [0, 0.1) is 11.6 Å². The molecule has 1 atom stereocenters. The Balaban J connectivity index is 1.61. The van der Waals surface area contributed by atoms with E-state index in [0.29, 0.717) is 12.1 Å². The molecular formula is C30H22F2N2O. The van der Waals surface area contributed by atoms with E-state index in [9.17, 15) is 13.6 Å². The third kappa shape index (κ3) is 3.43. The molecule has 5 aromatic rings. The van der Waals surface area contributed by atoms with Gasteiger partial charge in [0.05, 0.1) is 11.7 Å². The Hall–Kier alpha value is -4.25. The summed E-state index contributed by atoms with van der Waals surface area (Å²) in [7, 11) is 2.00. The van der Waals surface area contributed by atoms with Crippen molar-refractivity contribution >= 4 is 16.8 Å². The summed E-state index contributed by atoms with van der Waals surface area (Å²) < 4.78 is 29.5. The predicted molar refractivity (Wildman–Crippen MR) is 133 cm³/mol. The Labute approximate surface area is 201 Å². The Morgan fingerprint density at radius 1 is 0.771 bits per heavy atom. The summed E-state index contributed by atoms with van der Waals surface area (Å²) >= 11 is 0. The number of carbonyl (C=O) groups excluding carboxylic acids is 1. The smallest absolute Gasteiger partial charge is 0.255 e. The number of rotatable bonds is 4. The van der Waals surface area contributed by atoms with Gasteiger partial charge in [-0.3, -0.25) is 4.79 Å². The number of para-hydroxylation sites is 1. The zero-order valence-electron chi connectivity index (χ0n) is 19.1. The molecule has 0 radical (unpaired) electrons. The van der Waals surface area contributed by atoms with Gasteiger partial charge < -0.3 is 9.47 Å². The summed E-state index contributed by atoms with van der Waals surface area (Å²) in [6.07, 6.45) is 0. The third-order valence-electron chi connectivity index (χ3n) is 6.86. The standard InChI is InChI=1S/C30H22F2N2O/c1-33-26-9-5-4-8-25(26)27(28(33)20-12-16-22(32)17-13-20)29-23-6-2-3-7-24(23)30(35)34(29)18-19-10-14-21(31)15-11-19/h2-17,29H,18H2,1H3/t29-/m0/s1. The third-order valence-corrected chi connectivity index (χ3v) is 6.86. The van der Waals surface area contributed by atoms with Crippen molar-refractivity contribution in [2.75, 3.05) is 0 Å². The number of hydrogen-bond donors (Lipinski definition) is 0. The maximum Gasteiger partial charge on any atom is 0.255 e. The molecule has 172 valence electrons. The van der Waals surface area contributed by atoms with Gasteiger partial charge in [0, 0.05) is 35.6 Å². The van der Waals surface area contributed by atoms with Crippen molar-refractivity contribution in [3.05, 3.63) is 131 Å². The van der Waals surface area contributed by atoms with Gasteiger partial charge in [-0.15, -0.1) is 0 Å². The number of nitrogens with zero attached hydrogens (tertiary/aromatic N) is 2. The SMILES string of the molecule is Cn1c(-c2ccc(F)cc2)c([C@@H]2c3ccccc3C(=O)N2Cc2ccc(F)cc2)c2ccccc21. The molecule has 0 bridgehead atoms. The van der Waals surface area contributed by atoms with Crippen LogP contribution in [-0.4, -0.2) is 15.4 Å². The van der Waals surface area contributed by atoms with Gasteiger partial charge in [-0.1, -0.05) is 48.5 Å². The molecule has 0 N–H and O–H groups in total. The molecule has 5 heteroatoms. The minimum absolute atomic E-state index is 0.0621. The van der Waals surface area contributed by atoms with Crippen molar-refractivity contribution in [2.45, 2.75) is 12.6 Å². The Morgan fingerprint density at radius 2 is 1.40 bits per heavy atom. The minimum Gasteiger partial charge on any atom is -0.343 e. The number of benzene rings is 4. The highest BCUT2D eigenvalue weighted by atomic mass is 19.1. The summed E-state index contributed by atoms with van der Waals surface area (Å²) in [4.78, 5) is 15.5. The molecule has 2 heterocycles. The van der Waals surface area contributed by atoms with E-state index in [2.05, 4.69) is 16.7 Å². The summed E-state index contributed by atoms with van der Waals surface area (Å²) in [6, 6.07) is 28.2. The van der Waals surface area contributed by atoms with E-state index in [-0.39, 0.29) is 23.6 Å². The number of carbonyl (C=O) groups is 1. The molecule has 1 aliphatic rings. The number of aryl methyl sites for hydroxylation is 1. The lowest BCUT2D eigenvalue weighted by atomic mass is 9.93. The molecule has 0 unspecified atom stereocenters. The largest absolute Gasteiger partial charge is 0.343 e. The maximum atomic E-state index is 13.8. The second-order valence-electron chi connectivity index (χ2n) is 8.89. The van der Waals surface area contributed by atoms with Crippen molar-refractivity contribution in [1.29, 1.82) is 0 Å². The second kappa shape index (κ2) is 8.20. The number of halogens is 2. The van der Waals surface area contributed by atoms with Crippen LogP contribution in [-0.2, 0) is 13.6 Å². The summed E-state index contributed by atoms with van der Waals surface area (Å²) in [6.45, 7) is 0.338. The van der Waals surface area contributed by atoms with Crippen molar-refractivity contribution < 1.29 is 13.6 Å². The van der Waals surface area contributed by atoms with E-state index in [1.807, 2.05) is 48.3 Å². The van der Waals surface area contributed by atoms with Gasteiger partial charge in [-0.2, -0.15) is 0 Å². The van der Waals surface area contributed by atoms with Crippen LogP contribution in [0.3, 0.4) is 0 Å². The second-order valence-corrected chi connectivity index (χ2v) is 8.89. The molecule has 0 fully saturated rings. The van der Waals surface area contributed by atoms with Crippen LogP contribution in [0.25, 0.3) is 22.2 Å². The van der Waals surface area contributed by atoms with Gasteiger partial charge in [-0.25, -0.2) is 8.78 Å². The maximum absolute atomic E-state index is 13.8. The highest BCUT2D eigenvalue weighted by Crippen LogP contribution is 2.47. The monoisotopic (exact) mass is 464 g/mol. The zero-order valence-corrected chi connectivity index (χ0v) is 19.1. The number of fused-ring (bicyclic) bond motifs is 2. The molecule has 1 amide bonds. The van der Waals surface area contributed by atoms with Crippen LogP contribution in [0.1, 0.15) is 33.1 Å². The van der Waals surface area contributed by atoms with E-state index >= 15 is 0 Å². The average Bonchev–Trinajstić information content (AvgIpc) is 3.32. The first kappa shape index (κ1) is 21.3. The average molecular weight is 465 g/mol. The van der Waals surface area contributed by atoms with Crippen LogP contribution in [0.4, 0.5) is 8.78 Å². The molecule has 4 aromatic carbocycles. The summed E-state index contributed by atoms with van der Waals surface area (Å²) in [5.74, 6) is -0.671. The van der Waals surface area contributed by atoms with Gasteiger partial charge in [0.15, 0.2) is 0 Å². The van der Waals surface area contributed by atoms with Gasteiger partial charge in [-0.05, 0) is 65.2 Å². The highest BCUT2D eigenvalue weighted by Gasteiger charge is 2.40. The van der Waals surface area contributed by atoms with Crippen molar-refractivity contribution in [2.24, 2.45) is 7.05 Å². The fourth-order valence-corrected chi connectivity index (χ4v) is 5.29. The quantitative estimate of drug-likeness (QED) is 0.285. The van der Waals surface area contributed by atoms with E-state index in [1.165, 1.54) is 24.3 Å². The van der Waals surface area contributed by atoms with Crippen molar-refractivity contribution in [3.63, 3.8) is 0 Å². The minimum atomic E-state index is -0.352. The topological polar surface area (TPSA) is 25.2 Å². The number of aromatic nitrogens is 1. The molecule has 0 saturated carbocycles. The first-order valence-corrected chi connectivity index (χ1v) is 11.5. The van der Waals surface area contributed by atoms with Crippen LogP contribution < -0.4 is 0 Å². The summed E-state index contributed by atoms with van der Waals surface area (Å²) in [5.41, 5.74) is 6.28. The van der Waals surface area contributed by atoms with Crippen LogP contribution in [0.5, 0.6) is 0 Å². The molecule has 1 aromatic heterocycles. The van der Waals surface area contributed by atoms with Crippen LogP contribution in [0.15, 0.2) is 97.1 Å². The van der Waals surface area contributed by atoms with E-state index in [4.69, 9.17) is 0 Å². The van der Waals surface area contributed by atoms with E-state index in [1.54, 1.807) is 24.3 Å². The van der Waals surface area contributed by atoms with E-state index < -0.39 is 0 Å². The van der Waals surface area contributed by atoms with Gasteiger partial charge >= 0.3 is 0 Å². The van der Waals surface area contributed by atoms with Crippen LogP contribution >= 0.6 is 0 Å². The lowest BCUT2D eigenvalue weighted by Gasteiger charge is -2.27. The van der Waals surface area contributed by atoms with Crippen molar-refractivity contribution in [3.8, 4) is 11.3 Å². The fourth-order valence-electron chi connectivity index (χ4n) is 5.29. The van der Waals surface area contributed by atoms with Gasteiger partial charge in [0.1, 0.15) is 11.6 Å². The molecule has 0 aliphatic carbocycles. The Morgan fingerprint density at radius 3 is 2.14 bits per heavy atom. The first-order chi connectivity index (χ1) is 17.0. The van der Waals surface area contributed by atoms with Gasteiger partial charge in [0.25, 0.3) is 5.91 Å². The molecule has 1 aliphatic heterocycles. The molecule has 35 heavy (non-hydrogen) atoms. The first-order valence-electron chi connectivity index (χ1n) is 11.5. The Kier molecular flexibility index (Phi) is 4.99. The normalized spacial score (nSPS) is 15.1.